The molecule has 33 heavy (non-hydrogen) atoms. The van der Waals surface area contributed by atoms with Crippen LogP contribution in [0, 0.1) is 10.1 Å². The first-order valence-electron chi connectivity index (χ1n) is 9.94. The molecule has 166 valence electrons. The standard InChI is InChI=1S/C24H19N3O6/c1-26-13-16(27(30)31)12-20(26)23(28)33-14-19-22(24(29)32-2)21(15-8-4-3-5-9-15)17-10-6-7-11-18(17)25-19/h3-13H,14H2,1-2H3. The highest BCUT2D eigenvalue weighted by atomic mass is 16.6. The van der Waals surface area contributed by atoms with Crippen LogP contribution in [0.15, 0.2) is 66.9 Å². The molecule has 0 aliphatic carbocycles. The maximum absolute atomic E-state index is 12.8. The van der Waals surface area contributed by atoms with Crippen LogP contribution in [0.3, 0.4) is 0 Å². The van der Waals surface area contributed by atoms with Gasteiger partial charge in [0.1, 0.15) is 12.3 Å². The Kier molecular flexibility index (Phi) is 5.86. The molecule has 0 aliphatic heterocycles. The number of benzene rings is 2. The van der Waals surface area contributed by atoms with Gasteiger partial charge in [0.2, 0.25) is 0 Å². The van der Waals surface area contributed by atoms with E-state index in [0.29, 0.717) is 11.1 Å². The van der Waals surface area contributed by atoms with Gasteiger partial charge in [0.15, 0.2) is 0 Å². The lowest BCUT2D eigenvalue weighted by Crippen LogP contribution is -2.15. The first kappa shape index (κ1) is 21.7. The smallest absolute Gasteiger partial charge is 0.355 e. The van der Waals surface area contributed by atoms with E-state index in [2.05, 4.69) is 4.98 Å². The molecule has 0 atom stereocenters. The Hall–Kier alpha value is -4.53. The summed E-state index contributed by atoms with van der Waals surface area (Å²) in [6.45, 7) is -0.326. The third-order valence-electron chi connectivity index (χ3n) is 5.17. The number of aromatic nitrogens is 2. The van der Waals surface area contributed by atoms with Crippen molar-refractivity contribution in [3.05, 3.63) is 93.9 Å². The molecule has 0 bridgehead atoms. The molecule has 9 nitrogen and oxygen atoms in total. The van der Waals surface area contributed by atoms with Gasteiger partial charge in [-0.25, -0.2) is 14.6 Å². The Labute approximate surface area is 188 Å². The zero-order chi connectivity index (χ0) is 23.5. The van der Waals surface area contributed by atoms with Crippen LogP contribution >= 0.6 is 0 Å². The number of hydrogen-bond donors (Lipinski definition) is 0. The summed E-state index contributed by atoms with van der Waals surface area (Å²) in [5, 5.41) is 11.7. The molecular formula is C24H19N3O6. The molecular weight excluding hydrogens is 426 g/mol. The van der Waals surface area contributed by atoms with Gasteiger partial charge in [0.05, 0.1) is 35.0 Å². The van der Waals surface area contributed by atoms with Crippen molar-refractivity contribution in [2.75, 3.05) is 7.11 Å². The Morgan fingerprint density at radius 1 is 1.06 bits per heavy atom. The van der Waals surface area contributed by atoms with Crippen molar-refractivity contribution in [2.24, 2.45) is 7.05 Å². The summed E-state index contributed by atoms with van der Waals surface area (Å²) in [6, 6.07) is 17.8. The van der Waals surface area contributed by atoms with Gasteiger partial charge in [-0.3, -0.25) is 10.1 Å². The lowest BCUT2D eigenvalue weighted by molar-refractivity contribution is -0.384. The highest BCUT2D eigenvalue weighted by molar-refractivity contribution is 6.07. The number of nitrogens with zero attached hydrogens (tertiary/aromatic N) is 3. The molecule has 0 amide bonds. The van der Waals surface area contributed by atoms with Crippen molar-refractivity contribution in [3.63, 3.8) is 0 Å². The number of hydrogen-bond acceptors (Lipinski definition) is 7. The second kappa shape index (κ2) is 8.91. The highest BCUT2D eigenvalue weighted by Gasteiger charge is 2.25. The average molecular weight is 445 g/mol. The average Bonchev–Trinajstić information content (AvgIpc) is 3.23. The summed E-state index contributed by atoms with van der Waals surface area (Å²) in [4.78, 5) is 40.4. The third-order valence-corrected chi connectivity index (χ3v) is 5.17. The number of fused-ring (bicyclic) bond motifs is 1. The predicted octanol–water partition coefficient (Wildman–Crippen LogP) is 4.29. The van der Waals surface area contributed by atoms with Crippen LogP contribution in [0.2, 0.25) is 0 Å². The number of methoxy groups -OCH3 is 1. The minimum atomic E-state index is -0.780. The van der Waals surface area contributed by atoms with Gasteiger partial charge in [-0.1, -0.05) is 48.5 Å². The van der Waals surface area contributed by atoms with Crippen LogP contribution in [-0.2, 0) is 23.1 Å². The molecule has 0 radical (unpaired) electrons. The van der Waals surface area contributed by atoms with Gasteiger partial charge in [0.25, 0.3) is 5.69 Å². The summed E-state index contributed by atoms with van der Waals surface area (Å²) < 4.78 is 11.8. The molecule has 0 unspecified atom stereocenters. The Balaban J connectivity index is 1.80. The maximum atomic E-state index is 12.8. The van der Waals surface area contributed by atoms with E-state index in [-0.39, 0.29) is 29.2 Å². The molecule has 0 fully saturated rings. The molecule has 4 rings (SSSR count). The SMILES string of the molecule is COC(=O)c1c(COC(=O)c2cc([N+](=O)[O-])cn2C)nc2ccccc2c1-c1ccccc1. The molecule has 2 aromatic heterocycles. The molecule has 2 aromatic carbocycles. The summed E-state index contributed by atoms with van der Waals surface area (Å²) in [7, 11) is 2.77. The molecule has 0 aliphatic rings. The van der Waals surface area contributed by atoms with Gasteiger partial charge in [-0.15, -0.1) is 0 Å². The van der Waals surface area contributed by atoms with Crippen molar-refractivity contribution < 1.29 is 24.0 Å². The third kappa shape index (κ3) is 4.16. The number of esters is 2. The summed E-state index contributed by atoms with van der Waals surface area (Å²) >= 11 is 0. The lowest BCUT2D eigenvalue weighted by Gasteiger charge is -2.16. The minimum absolute atomic E-state index is 0.00499. The number of nitro groups is 1. The van der Waals surface area contributed by atoms with E-state index < -0.39 is 16.9 Å². The van der Waals surface area contributed by atoms with Crippen molar-refractivity contribution in [3.8, 4) is 11.1 Å². The zero-order valence-electron chi connectivity index (χ0n) is 17.8. The summed E-state index contributed by atoms with van der Waals surface area (Å²) in [6.07, 6.45) is 1.22. The van der Waals surface area contributed by atoms with E-state index in [1.54, 1.807) is 6.07 Å². The van der Waals surface area contributed by atoms with E-state index in [4.69, 9.17) is 9.47 Å². The van der Waals surface area contributed by atoms with Crippen molar-refractivity contribution >= 4 is 28.5 Å². The molecule has 0 N–H and O–H groups in total. The topological polar surface area (TPSA) is 114 Å². The first-order valence-corrected chi connectivity index (χ1v) is 9.94. The fraction of sp³-hybridized carbons (Fsp3) is 0.125. The molecule has 0 spiro atoms. The maximum Gasteiger partial charge on any atom is 0.355 e. The van der Waals surface area contributed by atoms with E-state index in [9.17, 15) is 19.7 Å². The van der Waals surface area contributed by atoms with Crippen LogP contribution < -0.4 is 0 Å². The number of para-hydroxylation sites is 1. The van der Waals surface area contributed by atoms with Crippen LogP contribution in [0.4, 0.5) is 5.69 Å². The van der Waals surface area contributed by atoms with Crippen LogP contribution in [-0.4, -0.2) is 33.5 Å². The molecule has 9 heteroatoms. The fourth-order valence-corrected chi connectivity index (χ4v) is 3.65. The van der Waals surface area contributed by atoms with Gasteiger partial charge >= 0.3 is 11.9 Å². The zero-order valence-corrected chi connectivity index (χ0v) is 17.8. The van der Waals surface area contributed by atoms with Gasteiger partial charge < -0.3 is 14.0 Å². The van der Waals surface area contributed by atoms with Crippen LogP contribution in [0.5, 0.6) is 0 Å². The quantitative estimate of drug-likeness (QED) is 0.247. The Bertz CT molecular complexity index is 1380. The van der Waals surface area contributed by atoms with Crippen molar-refractivity contribution in [1.82, 2.24) is 9.55 Å². The minimum Gasteiger partial charge on any atom is -0.465 e. The van der Waals surface area contributed by atoms with E-state index in [0.717, 1.165) is 17.0 Å². The molecule has 0 saturated carbocycles. The van der Waals surface area contributed by atoms with E-state index in [1.807, 2.05) is 48.5 Å². The lowest BCUT2D eigenvalue weighted by atomic mass is 9.94. The number of ether oxygens (including phenoxy) is 2. The molecule has 0 saturated heterocycles. The summed E-state index contributed by atoms with van der Waals surface area (Å²) in [5.74, 6) is -1.40. The monoisotopic (exact) mass is 445 g/mol. The second-order valence-corrected chi connectivity index (χ2v) is 7.21. The highest BCUT2D eigenvalue weighted by Crippen LogP contribution is 2.34. The Morgan fingerprint density at radius 3 is 2.42 bits per heavy atom. The van der Waals surface area contributed by atoms with Crippen LogP contribution in [0.1, 0.15) is 26.5 Å². The predicted molar refractivity (Wildman–Crippen MR) is 120 cm³/mol. The van der Waals surface area contributed by atoms with Gasteiger partial charge in [-0.2, -0.15) is 0 Å². The largest absolute Gasteiger partial charge is 0.465 e. The fourth-order valence-electron chi connectivity index (χ4n) is 3.65. The van der Waals surface area contributed by atoms with E-state index >= 15 is 0 Å². The van der Waals surface area contributed by atoms with Gasteiger partial charge in [-0.05, 0) is 11.6 Å². The number of rotatable bonds is 6. The van der Waals surface area contributed by atoms with Crippen LogP contribution in [0.25, 0.3) is 22.0 Å². The van der Waals surface area contributed by atoms with Gasteiger partial charge in [0, 0.05) is 24.1 Å². The normalized spacial score (nSPS) is 10.7. The molecule has 4 aromatic rings. The number of pyridine rings is 1. The number of aryl methyl sites for hydroxylation is 1. The number of carbonyl (C=O) groups excluding carboxylic acids is 2. The Morgan fingerprint density at radius 2 is 1.76 bits per heavy atom. The van der Waals surface area contributed by atoms with E-state index in [1.165, 1.54) is 24.9 Å². The van der Waals surface area contributed by atoms with Crippen molar-refractivity contribution in [2.45, 2.75) is 6.61 Å². The number of carbonyl (C=O) groups is 2. The van der Waals surface area contributed by atoms with Crippen molar-refractivity contribution in [1.29, 1.82) is 0 Å². The second-order valence-electron chi connectivity index (χ2n) is 7.21. The summed E-state index contributed by atoms with van der Waals surface area (Å²) in [5.41, 5.74) is 2.20. The first-order chi connectivity index (χ1) is 15.9. The molecule has 2 heterocycles.